The number of nitrogens with one attached hydrogen (secondary N) is 1. The lowest BCUT2D eigenvalue weighted by molar-refractivity contribution is -0.131. The molecule has 1 fully saturated rings. The molecule has 1 saturated carbocycles. The average Bonchev–Trinajstić information content (AvgIpc) is 2.45. The minimum absolute atomic E-state index is 0.272. The van der Waals surface area contributed by atoms with Crippen LogP contribution in [0.25, 0.3) is 0 Å². The van der Waals surface area contributed by atoms with Crippen LogP contribution in [0.4, 0.5) is 0 Å². The molecule has 1 aliphatic carbocycles. The van der Waals surface area contributed by atoms with E-state index in [1.807, 2.05) is 0 Å². The summed E-state index contributed by atoms with van der Waals surface area (Å²) in [7, 11) is 0. The summed E-state index contributed by atoms with van der Waals surface area (Å²) >= 11 is 11.7. The van der Waals surface area contributed by atoms with Gasteiger partial charge in [0.05, 0.1) is 0 Å². The number of rotatable bonds is 3. The van der Waals surface area contributed by atoms with Crippen LogP contribution in [0, 0.1) is 12.3 Å². The number of amides is 1. The second-order valence-corrected chi connectivity index (χ2v) is 6.46. The number of hydrogen-bond donors (Lipinski definition) is 3. The fourth-order valence-corrected chi connectivity index (χ4v) is 3.21. The maximum atomic E-state index is 12.2. The third-order valence-corrected chi connectivity index (χ3v) is 4.23. The van der Waals surface area contributed by atoms with Crippen molar-refractivity contribution in [3.8, 4) is 12.3 Å². The van der Waals surface area contributed by atoms with E-state index in [4.69, 9.17) is 29.6 Å². The molecule has 0 bridgehead atoms. The second kappa shape index (κ2) is 6.89. The number of terminal acetylenes is 1. The van der Waals surface area contributed by atoms with Crippen LogP contribution in [-0.2, 0) is 4.79 Å². The summed E-state index contributed by atoms with van der Waals surface area (Å²) < 4.78 is 0. The maximum Gasteiger partial charge on any atom is 0.253 e. The van der Waals surface area contributed by atoms with Gasteiger partial charge >= 0.3 is 0 Å². The number of hydrogen-bond acceptors (Lipinski definition) is 3. The van der Waals surface area contributed by atoms with Gasteiger partial charge in [-0.2, -0.15) is 0 Å². The predicted octanol–water partition coefficient (Wildman–Crippen LogP) is 2.45. The van der Waals surface area contributed by atoms with Crippen molar-refractivity contribution in [1.82, 2.24) is 5.32 Å². The molecule has 2 rings (SSSR count). The van der Waals surface area contributed by atoms with Crippen LogP contribution in [0.2, 0.25) is 10.0 Å². The topological polar surface area (TPSA) is 69.6 Å². The fraction of sp³-hybridized carbons (Fsp3) is 0.438. The SMILES string of the molecule is C#CC1(O)CCCC(NC(=O)C(O)c2cc(Cl)cc(Cl)c2)C1. The molecular formula is C16H17Cl2NO3. The first kappa shape index (κ1) is 17.1. The van der Waals surface area contributed by atoms with Crippen LogP contribution in [-0.4, -0.2) is 27.8 Å². The number of halogens is 2. The van der Waals surface area contributed by atoms with Crippen LogP contribution < -0.4 is 5.32 Å². The zero-order valence-electron chi connectivity index (χ0n) is 11.9. The van der Waals surface area contributed by atoms with Gasteiger partial charge in [0.2, 0.25) is 0 Å². The van der Waals surface area contributed by atoms with E-state index in [1.165, 1.54) is 18.2 Å². The summed E-state index contributed by atoms with van der Waals surface area (Å²) in [5.41, 5.74) is -0.876. The molecule has 1 amide bonds. The standard InChI is InChI=1S/C16H17Cl2NO3/c1-2-16(22)5-3-4-13(9-16)19-15(21)14(20)10-6-11(17)8-12(18)7-10/h1,6-8,13-14,20,22H,3-5,9H2,(H,19,21). The molecule has 1 aliphatic rings. The van der Waals surface area contributed by atoms with Crippen molar-refractivity contribution >= 4 is 29.1 Å². The minimum atomic E-state index is -1.38. The molecule has 3 N–H and O–H groups in total. The molecule has 4 nitrogen and oxygen atoms in total. The van der Waals surface area contributed by atoms with E-state index in [0.717, 1.165) is 0 Å². The number of carbonyl (C=O) groups excluding carboxylic acids is 1. The van der Waals surface area contributed by atoms with Crippen molar-refractivity contribution in [2.75, 3.05) is 0 Å². The normalized spacial score (nSPS) is 26.0. The van der Waals surface area contributed by atoms with E-state index in [1.54, 1.807) is 0 Å². The number of benzene rings is 1. The van der Waals surface area contributed by atoms with Gasteiger partial charge < -0.3 is 15.5 Å². The summed E-state index contributed by atoms with van der Waals surface area (Å²) in [6, 6.07) is 4.21. The lowest BCUT2D eigenvalue weighted by atomic mass is 9.82. The number of aliphatic hydroxyl groups excluding tert-OH is 1. The van der Waals surface area contributed by atoms with Crippen LogP contribution in [0.1, 0.15) is 37.4 Å². The van der Waals surface area contributed by atoms with Gasteiger partial charge in [-0.1, -0.05) is 29.1 Å². The Morgan fingerprint density at radius 3 is 2.64 bits per heavy atom. The zero-order valence-corrected chi connectivity index (χ0v) is 13.4. The average molecular weight is 342 g/mol. The second-order valence-electron chi connectivity index (χ2n) is 5.58. The lowest BCUT2D eigenvalue weighted by Crippen LogP contribution is -2.46. The molecule has 1 aromatic carbocycles. The first-order chi connectivity index (χ1) is 10.3. The molecule has 6 heteroatoms. The third kappa shape index (κ3) is 4.15. The van der Waals surface area contributed by atoms with E-state index in [0.29, 0.717) is 34.9 Å². The van der Waals surface area contributed by atoms with Gasteiger partial charge in [-0.3, -0.25) is 4.79 Å². The minimum Gasteiger partial charge on any atom is -0.378 e. The maximum absolute atomic E-state index is 12.2. The highest BCUT2D eigenvalue weighted by molar-refractivity contribution is 6.34. The smallest absolute Gasteiger partial charge is 0.253 e. The molecule has 0 saturated heterocycles. The highest BCUT2D eigenvalue weighted by atomic mass is 35.5. The molecule has 0 spiro atoms. The Labute approximate surface area is 139 Å². The fourth-order valence-electron chi connectivity index (χ4n) is 2.67. The Morgan fingerprint density at radius 1 is 1.41 bits per heavy atom. The monoisotopic (exact) mass is 341 g/mol. The van der Waals surface area contributed by atoms with Gasteiger partial charge in [0.15, 0.2) is 6.10 Å². The summed E-state index contributed by atoms with van der Waals surface area (Å²) in [6.07, 6.45) is 6.16. The quantitative estimate of drug-likeness (QED) is 0.739. The predicted molar refractivity (Wildman–Crippen MR) is 85.6 cm³/mol. The zero-order chi connectivity index (χ0) is 16.3. The van der Waals surface area contributed by atoms with Crippen LogP contribution in [0.5, 0.6) is 0 Å². The van der Waals surface area contributed by atoms with Crippen LogP contribution in [0.15, 0.2) is 18.2 Å². The first-order valence-electron chi connectivity index (χ1n) is 6.97. The molecule has 118 valence electrons. The Kier molecular flexibility index (Phi) is 5.36. The Morgan fingerprint density at radius 2 is 2.05 bits per heavy atom. The van der Waals surface area contributed by atoms with E-state index in [2.05, 4.69) is 11.2 Å². The molecular weight excluding hydrogens is 325 g/mol. The molecule has 3 atom stereocenters. The van der Waals surface area contributed by atoms with Gasteiger partial charge in [0, 0.05) is 22.5 Å². The summed E-state index contributed by atoms with van der Waals surface area (Å²) in [4.78, 5) is 12.2. The lowest BCUT2D eigenvalue weighted by Gasteiger charge is -2.33. The Bertz CT molecular complexity index is 594. The van der Waals surface area contributed by atoms with E-state index >= 15 is 0 Å². The van der Waals surface area contributed by atoms with Crippen LogP contribution >= 0.6 is 23.2 Å². The van der Waals surface area contributed by atoms with Crippen molar-refractivity contribution in [2.45, 2.75) is 43.4 Å². The molecule has 1 aromatic rings. The largest absolute Gasteiger partial charge is 0.378 e. The molecule has 3 unspecified atom stereocenters. The summed E-state index contributed by atoms with van der Waals surface area (Å²) in [6.45, 7) is 0. The Hall–Kier alpha value is -1.25. The number of carbonyl (C=O) groups is 1. The number of aliphatic hydroxyl groups is 2. The summed E-state index contributed by atoms with van der Waals surface area (Å²) in [5.74, 6) is 1.80. The highest BCUT2D eigenvalue weighted by Gasteiger charge is 2.34. The van der Waals surface area contributed by atoms with Crippen molar-refractivity contribution in [3.05, 3.63) is 33.8 Å². The Balaban J connectivity index is 2.04. The molecule has 22 heavy (non-hydrogen) atoms. The first-order valence-corrected chi connectivity index (χ1v) is 7.73. The highest BCUT2D eigenvalue weighted by Crippen LogP contribution is 2.29. The molecule has 0 radical (unpaired) electrons. The van der Waals surface area contributed by atoms with Gasteiger partial charge in [0.1, 0.15) is 5.60 Å². The molecule has 0 heterocycles. The van der Waals surface area contributed by atoms with Gasteiger partial charge in [0.25, 0.3) is 5.91 Å². The van der Waals surface area contributed by atoms with Gasteiger partial charge in [-0.15, -0.1) is 6.42 Å². The molecule has 0 aromatic heterocycles. The third-order valence-electron chi connectivity index (χ3n) is 3.79. The van der Waals surface area contributed by atoms with Gasteiger partial charge in [-0.25, -0.2) is 0 Å². The van der Waals surface area contributed by atoms with Crippen molar-refractivity contribution in [3.63, 3.8) is 0 Å². The van der Waals surface area contributed by atoms with Crippen molar-refractivity contribution in [1.29, 1.82) is 0 Å². The molecule has 0 aliphatic heterocycles. The van der Waals surface area contributed by atoms with E-state index in [-0.39, 0.29) is 12.5 Å². The van der Waals surface area contributed by atoms with E-state index in [9.17, 15) is 15.0 Å². The van der Waals surface area contributed by atoms with Crippen molar-refractivity contribution in [2.24, 2.45) is 0 Å². The van der Waals surface area contributed by atoms with Gasteiger partial charge in [-0.05, 0) is 43.0 Å². The summed E-state index contributed by atoms with van der Waals surface area (Å²) in [5, 5.41) is 23.6. The van der Waals surface area contributed by atoms with Crippen LogP contribution in [0.3, 0.4) is 0 Å². The van der Waals surface area contributed by atoms with Crippen molar-refractivity contribution < 1.29 is 15.0 Å². The van der Waals surface area contributed by atoms with E-state index < -0.39 is 17.6 Å².